The van der Waals surface area contributed by atoms with Crippen LogP contribution in [0.5, 0.6) is 11.5 Å². The first-order chi connectivity index (χ1) is 9.96. The summed E-state index contributed by atoms with van der Waals surface area (Å²) < 4.78 is 5.08. The second-order valence-electron chi connectivity index (χ2n) is 6.92. The van der Waals surface area contributed by atoms with E-state index in [-0.39, 0.29) is 5.75 Å². The maximum atomic E-state index is 9.84. The van der Waals surface area contributed by atoms with Crippen LogP contribution >= 0.6 is 0 Å². The number of rotatable bonds is 5. The quantitative estimate of drug-likeness (QED) is 0.818. The van der Waals surface area contributed by atoms with E-state index in [1.54, 1.807) is 13.2 Å². The minimum absolute atomic E-state index is 0.198. The molecule has 0 amide bonds. The van der Waals surface area contributed by atoms with Gasteiger partial charge >= 0.3 is 0 Å². The topological polar surface area (TPSA) is 41.5 Å². The Hall–Kier alpha value is -1.38. The lowest BCUT2D eigenvalue weighted by Gasteiger charge is -2.39. The maximum Gasteiger partial charge on any atom is 0.160 e. The Kier molecular flexibility index (Phi) is 5.02. The molecule has 0 radical (unpaired) electrons. The Labute approximate surface area is 128 Å². The molecule has 1 aromatic rings. The molecule has 2 N–H and O–H groups in total. The van der Waals surface area contributed by atoms with Gasteiger partial charge in [0.15, 0.2) is 11.5 Å². The summed E-state index contributed by atoms with van der Waals surface area (Å²) in [6.07, 6.45) is 6.26. The second kappa shape index (κ2) is 6.59. The van der Waals surface area contributed by atoms with Gasteiger partial charge in [0, 0.05) is 17.8 Å². The Morgan fingerprint density at radius 3 is 2.43 bits per heavy atom. The number of aromatic hydroxyl groups is 1. The molecular weight excluding hydrogens is 262 g/mol. The molecule has 118 valence electrons. The summed E-state index contributed by atoms with van der Waals surface area (Å²) in [6, 6.07) is 6.05. The molecule has 1 aromatic carbocycles. The van der Waals surface area contributed by atoms with Crippen LogP contribution in [0.1, 0.15) is 52.9 Å². The molecule has 0 spiro atoms. The Bertz CT molecular complexity index is 462. The van der Waals surface area contributed by atoms with Gasteiger partial charge in [-0.05, 0) is 49.1 Å². The number of phenols is 1. The number of hydrogen-bond acceptors (Lipinski definition) is 3. The highest BCUT2D eigenvalue weighted by Gasteiger charge is 2.31. The molecule has 0 saturated heterocycles. The van der Waals surface area contributed by atoms with Gasteiger partial charge < -0.3 is 15.2 Å². The van der Waals surface area contributed by atoms with Crippen molar-refractivity contribution in [3.05, 3.63) is 18.2 Å². The van der Waals surface area contributed by atoms with Crippen LogP contribution in [0, 0.1) is 11.3 Å². The van der Waals surface area contributed by atoms with Crippen molar-refractivity contribution in [2.75, 3.05) is 12.4 Å². The van der Waals surface area contributed by atoms with Gasteiger partial charge in [-0.25, -0.2) is 0 Å². The number of phenolic OH excluding ortho intramolecular Hbond substituents is 1. The summed E-state index contributed by atoms with van der Waals surface area (Å²) in [6.45, 7) is 7.09. The Morgan fingerprint density at radius 2 is 1.90 bits per heavy atom. The van der Waals surface area contributed by atoms with Crippen LogP contribution in [0.25, 0.3) is 0 Å². The molecule has 3 nitrogen and oxygen atoms in total. The average Bonchev–Trinajstić information content (AvgIpc) is 2.48. The number of nitrogens with one attached hydrogen (secondary N) is 1. The van der Waals surface area contributed by atoms with Crippen molar-refractivity contribution < 1.29 is 9.84 Å². The highest BCUT2D eigenvalue weighted by Crippen LogP contribution is 2.41. The number of ether oxygens (including phenoxy) is 1. The third-order valence-electron chi connectivity index (χ3n) is 5.29. The van der Waals surface area contributed by atoms with Crippen LogP contribution < -0.4 is 10.1 Å². The Balaban J connectivity index is 1.90. The fourth-order valence-electron chi connectivity index (χ4n) is 3.32. The SMILES string of the molecule is CCC(C)(C)C1CCC(Nc2ccc(OC)c(O)c2)CC1. The molecule has 0 heterocycles. The van der Waals surface area contributed by atoms with Gasteiger partial charge in [0.05, 0.1) is 7.11 Å². The van der Waals surface area contributed by atoms with Crippen molar-refractivity contribution in [3.63, 3.8) is 0 Å². The summed E-state index contributed by atoms with van der Waals surface area (Å²) in [7, 11) is 1.57. The van der Waals surface area contributed by atoms with Crippen molar-refractivity contribution in [2.45, 2.75) is 58.9 Å². The van der Waals surface area contributed by atoms with Crippen molar-refractivity contribution >= 4 is 5.69 Å². The molecule has 0 unspecified atom stereocenters. The molecule has 3 heteroatoms. The first-order valence-corrected chi connectivity index (χ1v) is 8.10. The van der Waals surface area contributed by atoms with Gasteiger partial charge in [0.2, 0.25) is 0 Å². The first-order valence-electron chi connectivity index (χ1n) is 8.10. The van der Waals surface area contributed by atoms with Crippen LogP contribution in [-0.2, 0) is 0 Å². The summed E-state index contributed by atoms with van der Waals surface area (Å²) in [5.41, 5.74) is 1.44. The zero-order valence-corrected chi connectivity index (χ0v) is 13.8. The zero-order chi connectivity index (χ0) is 15.5. The van der Waals surface area contributed by atoms with Crippen LogP contribution in [0.15, 0.2) is 18.2 Å². The lowest BCUT2D eigenvalue weighted by molar-refractivity contribution is 0.147. The molecule has 1 fully saturated rings. The largest absolute Gasteiger partial charge is 0.504 e. The van der Waals surface area contributed by atoms with E-state index < -0.39 is 0 Å². The van der Waals surface area contributed by atoms with Crippen LogP contribution in [0.3, 0.4) is 0 Å². The van der Waals surface area contributed by atoms with E-state index >= 15 is 0 Å². The van der Waals surface area contributed by atoms with E-state index in [4.69, 9.17) is 4.74 Å². The lowest BCUT2D eigenvalue weighted by Crippen LogP contribution is -2.32. The monoisotopic (exact) mass is 291 g/mol. The minimum atomic E-state index is 0.198. The third kappa shape index (κ3) is 3.84. The highest BCUT2D eigenvalue weighted by molar-refractivity contribution is 5.54. The molecule has 0 atom stereocenters. The van der Waals surface area contributed by atoms with Crippen molar-refractivity contribution in [3.8, 4) is 11.5 Å². The fourth-order valence-corrected chi connectivity index (χ4v) is 3.32. The standard InChI is InChI=1S/C18H29NO2/c1-5-18(2,3)13-6-8-14(9-7-13)19-15-10-11-17(21-4)16(20)12-15/h10-14,19-20H,5-9H2,1-4H3. The van der Waals surface area contributed by atoms with Gasteiger partial charge in [-0.1, -0.05) is 27.2 Å². The summed E-state index contributed by atoms with van der Waals surface area (Å²) in [4.78, 5) is 0. The van der Waals surface area contributed by atoms with Gasteiger partial charge in [-0.3, -0.25) is 0 Å². The van der Waals surface area contributed by atoms with Crippen molar-refractivity contribution in [1.82, 2.24) is 0 Å². The predicted molar refractivity (Wildman–Crippen MR) is 88.1 cm³/mol. The van der Waals surface area contributed by atoms with E-state index in [2.05, 4.69) is 26.1 Å². The first kappa shape index (κ1) is 16.0. The van der Waals surface area contributed by atoms with Crippen LogP contribution in [0.4, 0.5) is 5.69 Å². The van der Waals surface area contributed by atoms with Crippen molar-refractivity contribution in [1.29, 1.82) is 0 Å². The minimum Gasteiger partial charge on any atom is -0.504 e. The van der Waals surface area contributed by atoms with E-state index in [0.29, 0.717) is 17.2 Å². The van der Waals surface area contributed by atoms with E-state index in [0.717, 1.165) is 11.6 Å². The predicted octanol–water partition coefficient (Wildman–Crippen LogP) is 4.81. The number of methoxy groups -OCH3 is 1. The van der Waals surface area contributed by atoms with E-state index in [1.807, 2.05) is 12.1 Å². The molecule has 0 aromatic heterocycles. The normalized spacial score (nSPS) is 22.9. The third-order valence-corrected chi connectivity index (χ3v) is 5.29. The van der Waals surface area contributed by atoms with Gasteiger partial charge in [0.1, 0.15) is 0 Å². The van der Waals surface area contributed by atoms with Crippen LogP contribution in [0.2, 0.25) is 0 Å². The van der Waals surface area contributed by atoms with Crippen molar-refractivity contribution in [2.24, 2.45) is 11.3 Å². The van der Waals surface area contributed by atoms with E-state index in [1.165, 1.54) is 32.1 Å². The summed E-state index contributed by atoms with van der Waals surface area (Å²) in [5, 5.41) is 13.4. The van der Waals surface area contributed by atoms with Crippen LogP contribution in [-0.4, -0.2) is 18.3 Å². The highest BCUT2D eigenvalue weighted by atomic mass is 16.5. The molecule has 0 aliphatic heterocycles. The van der Waals surface area contributed by atoms with Gasteiger partial charge in [-0.15, -0.1) is 0 Å². The number of anilines is 1. The molecule has 1 aliphatic carbocycles. The number of benzene rings is 1. The second-order valence-corrected chi connectivity index (χ2v) is 6.92. The zero-order valence-electron chi connectivity index (χ0n) is 13.8. The summed E-state index contributed by atoms with van der Waals surface area (Å²) in [5.74, 6) is 1.56. The molecule has 2 rings (SSSR count). The lowest BCUT2D eigenvalue weighted by atomic mass is 9.69. The fraction of sp³-hybridized carbons (Fsp3) is 0.667. The van der Waals surface area contributed by atoms with Gasteiger partial charge in [-0.2, -0.15) is 0 Å². The maximum absolute atomic E-state index is 9.84. The molecular formula is C18H29NO2. The summed E-state index contributed by atoms with van der Waals surface area (Å²) >= 11 is 0. The molecule has 21 heavy (non-hydrogen) atoms. The molecule has 1 aliphatic rings. The Morgan fingerprint density at radius 1 is 1.24 bits per heavy atom. The smallest absolute Gasteiger partial charge is 0.160 e. The van der Waals surface area contributed by atoms with Gasteiger partial charge in [0.25, 0.3) is 0 Å². The molecule has 0 bridgehead atoms. The van der Waals surface area contributed by atoms with E-state index in [9.17, 15) is 5.11 Å². The number of hydrogen-bond donors (Lipinski definition) is 2. The molecule has 1 saturated carbocycles. The average molecular weight is 291 g/mol.